The Kier molecular flexibility index (Phi) is 5.74. The average molecular weight is 477 g/mol. The summed E-state index contributed by atoms with van der Waals surface area (Å²) in [5.41, 5.74) is 1.12. The Hall–Kier alpha value is -3.43. The summed E-state index contributed by atoms with van der Waals surface area (Å²) < 4.78 is 8.70. The molecule has 0 unspecified atom stereocenters. The summed E-state index contributed by atoms with van der Waals surface area (Å²) in [6, 6.07) is 18.5. The molecule has 9 heteroatoms. The van der Waals surface area contributed by atoms with Gasteiger partial charge in [0, 0.05) is 10.9 Å². The van der Waals surface area contributed by atoms with E-state index in [2.05, 4.69) is 17.1 Å². The fourth-order valence-corrected chi connectivity index (χ4v) is 5.47. The summed E-state index contributed by atoms with van der Waals surface area (Å²) in [4.78, 5) is 28.1. The van der Waals surface area contributed by atoms with E-state index in [1.807, 2.05) is 52.9 Å². The van der Waals surface area contributed by atoms with Crippen LogP contribution >= 0.6 is 23.1 Å². The van der Waals surface area contributed by atoms with Crippen LogP contribution in [-0.4, -0.2) is 37.8 Å². The maximum absolute atomic E-state index is 13.4. The van der Waals surface area contributed by atoms with Gasteiger partial charge in [0.05, 0.1) is 34.3 Å². The predicted octanol–water partition coefficient (Wildman–Crippen LogP) is 4.64. The van der Waals surface area contributed by atoms with Crippen molar-refractivity contribution >= 4 is 45.6 Å². The number of benzene rings is 2. The third-order valence-corrected chi connectivity index (χ3v) is 7.52. The molecule has 0 spiro atoms. The van der Waals surface area contributed by atoms with E-state index in [4.69, 9.17) is 4.74 Å². The number of carbonyl (C=O) groups is 1. The van der Waals surface area contributed by atoms with Gasteiger partial charge in [-0.2, -0.15) is 0 Å². The molecule has 3 aromatic heterocycles. The second-order valence-electron chi connectivity index (χ2n) is 7.31. The summed E-state index contributed by atoms with van der Waals surface area (Å²) in [6.07, 6.45) is 0.910. The van der Waals surface area contributed by atoms with Crippen LogP contribution in [-0.2, 0) is 6.42 Å². The fraction of sp³-hybridized carbons (Fsp3) is 0.167. The lowest BCUT2D eigenvalue weighted by Crippen LogP contribution is -2.21. The van der Waals surface area contributed by atoms with E-state index in [1.54, 1.807) is 19.2 Å². The van der Waals surface area contributed by atoms with Gasteiger partial charge in [0.2, 0.25) is 5.78 Å². The number of nitrogens with zero attached hydrogens (tertiary/aromatic N) is 4. The number of methoxy groups -OCH3 is 1. The highest BCUT2D eigenvalue weighted by Gasteiger charge is 2.19. The van der Waals surface area contributed by atoms with Gasteiger partial charge in [-0.25, -0.2) is 4.57 Å². The zero-order valence-corrected chi connectivity index (χ0v) is 19.7. The molecule has 2 aromatic carbocycles. The van der Waals surface area contributed by atoms with Crippen molar-refractivity contribution in [1.82, 2.24) is 19.2 Å². The number of ketones is 1. The molecule has 0 amide bonds. The Balaban J connectivity index is 1.62. The minimum atomic E-state index is -0.197. The Labute approximate surface area is 197 Å². The molecular weight excluding hydrogens is 456 g/mol. The number of fused-ring (bicyclic) bond motifs is 3. The molecule has 0 aliphatic carbocycles. The average Bonchev–Trinajstić information content (AvgIpc) is 3.50. The molecule has 0 aliphatic rings. The van der Waals surface area contributed by atoms with Crippen LogP contribution in [0.2, 0.25) is 0 Å². The van der Waals surface area contributed by atoms with Crippen LogP contribution in [0.15, 0.2) is 70.6 Å². The molecule has 166 valence electrons. The van der Waals surface area contributed by atoms with Gasteiger partial charge in [-0.3, -0.25) is 14.0 Å². The van der Waals surface area contributed by atoms with Crippen molar-refractivity contribution in [3.63, 3.8) is 0 Å². The maximum atomic E-state index is 13.4. The van der Waals surface area contributed by atoms with Crippen molar-refractivity contribution in [2.24, 2.45) is 0 Å². The normalized spacial score (nSPS) is 11.3. The zero-order chi connectivity index (χ0) is 22.9. The lowest BCUT2D eigenvalue weighted by molar-refractivity contribution is 0.102. The Morgan fingerprint density at radius 3 is 2.73 bits per heavy atom. The lowest BCUT2D eigenvalue weighted by atomic mass is 10.2. The van der Waals surface area contributed by atoms with Gasteiger partial charge in [0.25, 0.3) is 5.56 Å². The van der Waals surface area contributed by atoms with Crippen molar-refractivity contribution in [3.8, 4) is 11.4 Å². The van der Waals surface area contributed by atoms with E-state index in [0.717, 1.165) is 11.3 Å². The smallest absolute Gasteiger partial charge is 0.267 e. The number of aromatic nitrogens is 4. The summed E-state index contributed by atoms with van der Waals surface area (Å²) in [5.74, 6) is 1.29. The number of thioether (sulfide) groups is 1. The number of carbonyl (C=O) groups excluding carboxylic acids is 1. The number of ether oxygens (including phenoxy) is 1. The van der Waals surface area contributed by atoms with Crippen LogP contribution < -0.4 is 10.3 Å². The largest absolute Gasteiger partial charge is 0.497 e. The molecular formula is C24H20N4O3S2. The van der Waals surface area contributed by atoms with E-state index < -0.39 is 0 Å². The molecule has 0 saturated carbocycles. The molecule has 0 atom stereocenters. The van der Waals surface area contributed by atoms with Crippen molar-refractivity contribution in [2.45, 2.75) is 18.5 Å². The summed E-state index contributed by atoms with van der Waals surface area (Å²) in [5, 5.41) is 9.76. The molecule has 7 nitrogen and oxygen atoms in total. The Morgan fingerprint density at radius 1 is 1.09 bits per heavy atom. The molecule has 0 radical (unpaired) electrons. The van der Waals surface area contributed by atoms with Crippen LogP contribution in [0.3, 0.4) is 0 Å². The highest BCUT2D eigenvalue weighted by molar-refractivity contribution is 7.99. The van der Waals surface area contributed by atoms with Crippen LogP contribution in [0.4, 0.5) is 0 Å². The SMILES string of the molecule is CCc1ccc(C(=O)CSc2nnc3n(-c4cccc(OC)c4)c(=O)c4ccccc4n23)s1. The van der Waals surface area contributed by atoms with E-state index in [-0.39, 0.29) is 17.1 Å². The van der Waals surface area contributed by atoms with Crippen molar-refractivity contribution in [3.05, 3.63) is 80.8 Å². The van der Waals surface area contributed by atoms with Gasteiger partial charge < -0.3 is 4.74 Å². The van der Waals surface area contributed by atoms with Gasteiger partial charge in [-0.05, 0) is 42.8 Å². The molecule has 0 bridgehead atoms. The minimum Gasteiger partial charge on any atom is -0.497 e. The first kappa shape index (κ1) is 21.4. The van der Waals surface area contributed by atoms with Crippen molar-refractivity contribution < 1.29 is 9.53 Å². The fourth-order valence-electron chi connectivity index (χ4n) is 3.67. The molecule has 0 aliphatic heterocycles. The Bertz CT molecular complexity index is 1550. The van der Waals surface area contributed by atoms with Gasteiger partial charge in [0.1, 0.15) is 5.75 Å². The topological polar surface area (TPSA) is 78.5 Å². The monoisotopic (exact) mass is 476 g/mol. The highest BCUT2D eigenvalue weighted by Crippen LogP contribution is 2.26. The van der Waals surface area contributed by atoms with E-state index >= 15 is 0 Å². The maximum Gasteiger partial charge on any atom is 0.267 e. The molecule has 5 aromatic rings. The number of Topliss-reactive ketones (excluding diaryl/α,β-unsaturated/α-hetero) is 1. The second kappa shape index (κ2) is 8.84. The van der Waals surface area contributed by atoms with E-state index in [1.165, 1.54) is 32.5 Å². The Morgan fingerprint density at radius 2 is 1.94 bits per heavy atom. The van der Waals surface area contributed by atoms with E-state index in [9.17, 15) is 9.59 Å². The summed E-state index contributed by atoms with van der Waals surface area (Å²) >= 11 is 2.84. The summed E-state index contributed by atoms with van der Waals surface area (Å²) in [6.45, 7) is 2.07. The first-order chi connectivity index (χ1) is 16.1. The van der Waals surface area contributed by atoms with E-state index in [0.29, 0.717) is 33.3 Å². The van der Waals surface area contributed by atoms with Crippen molar-refractivity contribution in [1.29, 1.82) is 0 Å². The first-order valence-electron chi connectivity index (χ1n) is 10.4. The predicted molar refractivity (Wildman–Crippen MR) is 131 cm³/mol. The van der Waals surface area contributed by atoms with Crippen LogP contribution in [0.5, 0.6) is 5.75 Å². The van der Waals surface area contributed by atoms with Crippen LogP contribution in [0.1, 0.15) is 21.5 Å². The number of hydrogen-bond acceptors (Lipinski definition) is 7. The van der Waals surface area contributed by atoms with Gasteiger partial charge >= 0.3 is 0 Å². The van der Waals surface area contributed by atoms with Gasteiger partial charge in [-0.15, -0.1) is 21.5 Å². The quantitative estimate of drug-likeness (QED) is 0.252. The third kappa shape index (κ3) is 3.83. The third-order valence-electron chi connectivity index (χ3n) is 5.32. The number of rotatable bonds is 7. The van der Waals surface area contributed by atoms with Crippen molar-refractivity contribution in [2.75, 3.05) is 12.9 Å². The first-order valence-corrected chi connectivity index (χ1v) is 12.2. The molecule has 0 N–H and O–H groups in total. The number of aryl methyl sites for hydroxylation is 1. The molecule has 33 heavy (non-hydrogen) atoms. The zero-order valence-electron chi connectivity index (χ0n) is 18.0. The van der Waals surface area contributed by atoms with Crippen LogP contribution in [0, 0.1) is 0 Å². The van der Waals surface area contributed by atoms with Gasteiger partial charge in [0.15, 0.2) is 10.9 Å². The highest BCUT2D eigenvalue weighted by atomic mass is 32.2. The molecule has 0 fully saturated rings. The summed E-state index contributed by atoms with van der Waals surface area (Å²) in [7, 11) is 1.58. The number of para-hydroxylation sites is 1. The standard InChI is InChI=1S/C24H20N4O3S2/c1-3-17-11-12-21(33-17)20(29)14-32-24-26-25-23-27(15-7-6-8-16(13-15)31-2)22(30)18-9-4-5-10-19(18)28(23)24/h4-13H,3,14H2,1-2H3. The number of thiophene rings is 1. The molecule has 3 heterocycles. The number of hydrogen-bond donors (Lipinski definition) is 0. The van der Waals surface area contributed by atoms with Gasteiger partial charge in [-0.1, -0.05) is 36.9 Å². The van der Waals surface area contributed by atoms with Crippen LogP contribution in [0.25, 0.3) is 22.4 Å². The minimum absolute atomic E-state index is 0.0480. The molecule has 0 saturated heterocycles. The molecule has 5 rings (SSSR count). The lowest BCUT2D eigenvalue weighted by Gasteiger charge is -2.12. The second-order valence-corrected chi connectivity index (χ2v) is 9.42.